The lowest BCUT2D eigenvalue weighted by Crippen LogP contribution is -2.22. The molecule has 180 valence electrons. The molecule has 1 aliphatic rings. The van der Waals surface area contributed by atoms with Gasteiger partial charge in [-0.3, -0.25) is 0 Å². The van der Waals surface area contributed by atoms with Crippen molar-refractivity contribution in [2.45, 2.75) is 123 Å². The molecule has 0 aromatic heterocycles. The van der Waals surface area contributed by atoms with Crippen LogP contribution in [0.1, 0.15) is 122 Å². The molecule has 0 heterocycles. The molecule has 0 aliphatic heterocycles. The maximum absolute atomic E-state index is 9.83. The van der Waals surface area contributed by atoms with Crippen molar-refractivity contribution in [3.05, 3.63) is 29.8 Å². The first-order valence-electron chi connectivity index (χ1n) is 13.9. The number of ether oxygens (including phenoxy) is 1. The molecule has 1 aromatic carbocycles. The summed E-state index contributed by atoms with van der Waals surface area (Å²) < 4.78 is 5.92. The highest BCUT2D eigenvalue weighted by atomic mass is 16.5. The molecule has 0 saturated heterocycles. The maximum atomic E-state index is 9.83. The monoisotopic (exact) mass is 439 g/mol. The fraction of sp³-hybridized carbons (Fsp3) is 0.767. The first-order chi connectivity index (χ1) is 15.8. The van der Waals surface area contributed by atoms with Crippen LogP contribution in [-0.4, -0.2) is 6.61 Å². The van der Waals surface area contributed by atoms with E-state index in [0.717, 1.165) is 31.1 Å². The van der Waals surface area contributed by atoms with Crippen LogP contribution in [-0.2, 0) is 6.42 Å². The van der Waals surface area contributed by atoms with Gasteiger partial charge in [0.05, 0.1) is 18.6 Å². The number of hydrogen-bond donors (Lipinski definition) is 0. The molecule has 2 nitrogen and oxygen atoms in total. The summed E-state index contributed by atoms with van der Waals surface area (Å²) in [4.78, 5) is 0. The highest BCUT2D eigenvalue weighted by Gasteiger charge is 2.27. The minimum absolute atomic E-state index is 0.162. The number of nitrogens with zero attached hydrogens (tertiary/aromatic N) is 1. The van der Waals surface area contributed by atoms with Crippen LogP contribution in [0.3, 0.4) is 0 Å². The lowest BCUT2D eigenvalue weighted by Gasteiger charge is -2.31. The Morgan fingerprint density at radius 2 is 1.41 bits per heavy atom. The van der Waals surface area contributed by atoms with Gasteiger partial charge in [-0.1, -0.05) is 109 Å². The molecular weight excluding hydrogens is 390 g/mol. The van der Waals surface area contributed by atoms with Gasteiger partial charge in [0.25, 0.3) is 0 Å². The highest BCUT2D eigenvalue weighted by molar-refractivity contribution is 5.28. The van der Waals surface area contributed by atoms with Crippen molar-refractivity contribution in [2.75, 3.05) is 6.61 Å². The van der Waals surface area contributed by atoms with Crippen LogP contribution in [0.5, 0.6) is 5.75 Å². The molecule has 0 spiro atoms. The zero-order valence-corrected chi connectivity index (χ0v) is 21.1. The Kier molecular flexibility index (Phi) is 14.3. The van der Waals surface area contributed by atoms with Crippen molar-refractivity contribution in [1.29, 1.82) is 5.26 Å². The first-order valence-corrected chi connectivity index (χ1v) is 13.9. The molecule has 1 fully saturated rings. The molecule has 1 saturated carbocycles. The van der Waals surface area contributed by atoms with Gasteiger partial charge in [0.1, 0.15) is 5.75 Å². The molecule has 1 aliphatic carbocycles. The van der Waals surface area contributed by atoms with Crippen molar-refractivity contribution in [3.63, 3.8) is 0 Å². The molecular formula is C30H49NO. The summed E-state index contributed by atoms with van der Waals surface area (Å²) in [5.74, 6) is 2.63. The van der Waals surface area contributed by atoms with Gasteiger partial charge >= 0.3 is 0 Å². The highest BCUT2D eigenvalue weighted by Crippen LogP contribution is 2.37. The van der Waals surface area contributed by atoms with Gasteiger partial charge < -0.3 is 4.74 Å². The third-order valence-electron chi connectivity index (χ3n) is 7.49. The van der Waals surface area contributed by atoms with E-state index in [1.165, 1.54) is 102 Å². The van der Waals surface area contributed by atoms with Crippen LogP contribution in [0.25, 0.3) is 0 Å². The molecule has 2 heteroatoms. The fourth-order valence-corrected chi connectivity index (χ4v) is 5.28. The lowest BCUT2D eigenvalue weighted by molar-refractivity contribution is 0.220. The van der Waals surface area contributed by atoms with Crippen molar-refractivity contribution in [2.24, 2.45) is 17.8 Å². The Hall–Kier alpha value is -1.49. The third-order valence-corrected chi connectivity index (χ3v) is 7.49. The number of benzene rings is 1. The van der Waals surface area contributed by atoms with E-state index >= 15 is 0 Å². The average molecular weight is 440 g/mol. The summed E-state index contributed by atoms with van der Waals surface area (Å²) >= 11 is 0. The van der Waals surface area contributed by atoms with E-state index in [1.807, 2.05) is 0 Å². The second-order valence-electron chi connectivity index (χ2n) is 10.2. The quantitative estimate of drug-likeness (QED) is 0.226. The number of rotatable bonds is 17. The predicted octanol–water partition coefficient (Wildman–Crippen LogP) is 9.28. The number of unbranched alkanes of at least 4 members (excludes halogenated alkanes) is 9. The van der Waals surface area contributed by atoms with Crippen LogP contribution < -0.4 is 4.74 Å². The third kappa shape index (κ3) is 10.9. The van der Waals surface area contributed by atoms with Crippen LogP contribution in [0.2, 0.25) is 0 Å². The molecule has 0 bridgehead atoms. The van der Waals surface area contributed by atoms with Crippen molar-refractivity contribution >= 4 is 0 Å². The molecule has 0 radical (unpaired) electrons. The smallest absolute Gasteiger partial charge is 0.119 e. The SMILES string of the molecule is CCCCCCCCOc1ccc(CC(C#N)C2CCC(CCCCCCC)CC2)cc1. The van der Waals surface area contributed by atoms with Crippen molar-refractivity contribution in [1.82, 2.24) is 0 Å². The van der Waals surface area contributed by atoms with Crippen LogP contribution in [0.4, 0.5) is 0 Å². The topological polar surface area (TPSA) is 33.0 Å². The zero-order chi connectivity index (χ0) is 22.9. The average Bonchev–Trinajstić information content (AvgIpc) is 2.83. The first kappa shape index (κ1) is 26.8. The van der Waals surface area contributed by atoms with E-state index in [-0.39, 0.29) is 5.92 Å². The Balaban J connectivity index is 1.64. The molecule has 1 aromatic rings. The normalized spacial score (nSPS) is 19.4. The largest absolute Gasteiger partial charge is 0.494 e. The van der Waals surface area contributed by atoms with Gasteiger partial charge in [0.2, 0.25) is 0 Å². The second-order valence-corrected chi connectivity index (χ2v) is 10.2. The van der Waals surface area contributed by atoms with Gasteiger partial charge in [0.15, 0.2) is 0 Å². The Labute approximate surface area is 199 Å². The summed E-state index contributed by atoms with van der Waals surface area (Å²) in [5.41, 5.74) is 1.28. The van der Waals surface area contributed by atoms with Crippen LogP contribution >= 0.6 is 0 Å². The zero-order valence-electron chi connectivity index (χ0n) is 21.1. The number of nitriles is 1. The van der Waals surface area contributed by atoms with E-state index in [1.54, 1.807) is 0 Å². The standard InChI is InChI=1S/C30H49NO/c1-3-5-7-9-11-13-23-32-30-21-17-27(18-22-30)24-29(25-31)28-19-15-26(16-20-28)14-12-10-8-6-4-2/h17-18,21-22,26,28-29H,3-16,19-20,23-24H2,1-2H3. The Bertz CT molecular complexity index is 609. The fourth-order valence-electron chi connectivity index (χ4n) is 5.28. The van der Waals surface area contributed by atoms with Gasteiger partial charge in [0, 0.05) is 0 Å². The molecule has 1 unspecified atom stereocenters. The van der Waals surface area contributed by atoms with E-state index in [4.69, 9.17) is 4.74 Å². The van der Waals surface area contributed by atoms with E-state index in [2.05, 4.69) is 44.2 Å². The predicted molar refractivity (Wildman–Crippen MR) is 137 cm³/mol. The Morgan fingerprint density at radius 1 is 0.812 bits per heavy atom. The summed E-state index contributed by atoms with van der Waals surface area (Å²) in [6.45, 7) is 5.35. The van der Waals surface area contributed by atoms with Gasteiger partial charge in [-0.2, -0.15) is 5.26 Å². The Morgan fingerprint density at radius 3 is 2.03 bits per heavy atom. The summed E-state index contributed by atoms with van der Waals surface area (Å²) in [5, 5.41) is 9.83. The molecule has 1 atom stereocenters. The summed E-state index contributed by atoms with van der Waals surface area (Å²) in [7, 11) is 0. The minimum Gasteiger partial charge on any atom is -0.494 e. The van der Waals surface area contributed by atoms with E-state index < -0.39 is 0 Å². The number of hydrogen-bond acceptors (Lipinski definition) is 2. The molecule has 2 rings (SSSR count). The van der Waals surface area contributed by atoms with Crippen LogP contribution in [0, 0.1) is 29.1 Å². The van der Waals surface area contributed by atoms with Gasteiger partial charge in [-0.15, -0.1) is 0 Å². The maximum Gasteiger partial charge on any atom is 0.119 e. The van der Waals surface area contributed by atoms with Crippen molar-refractivity contribution < 1.29 is 4.74 Å². The van der Waals surface area contributed by atoms with Crippen molar-refractivity contribution in [3.8, 4) is 11.8 Å². The van der Waals surface area contributed by atoms with E-state index in [0.29, 0.717) is 5.92 Å². The second kappa shape index (κ2) is 17.0. The molecule has 0 amide bonds. The van der Waals surface area contributed by atoms with Crippen LogP contribution in [0.15, 0.2) is 24.3 Å². The minimum atomic E-state index is 0.162. The van der Waals surface area contributed by atoms with Gasteiger partial charge in [-0.25, -0.2) is 0 Å². The lowest BCUT2D eigenvalue weighted by atomic mass is 9.73. The van der Waals surface area contributed by atoms with E-state index in [9.17, 15) is 5.26 Å². The molecule has 0 N–H and O–H groups in total. The summed E-state index contributed by atoms with van der Waals surface area (Å²) in [6, 6.07) is 11.2. The molecule has 32 heavy (non-hydrogen) atoms. The van der Waals surface area contributed by atoms with Gasteiger partial charge in [-0.05, 0) is 55.2 Å². The summed E-state index contributed by atoms with van der Waals surface area (Å²) in [6.07, 6.45) is 22.2.